The van der Waals surface area contributed by atoms with Gasteiger partial charge in [-0.15, -0.1) is 0 Å². The Morgan fingerprint density at radius 2 is 1.81 bits per heavy atom. The third kappa shape index (κ3) is 2.87. The summed E-state index contributed by atoms with van der Waals surface area (Å²) < 4.78 is 11.9. The second-order valence-corrected chi connectivity index (χ2v) is 7.42. The van der Waals surface area contributed by atoms with E-state index in [2.05, 4.69) is 0 Å². The Hall–Kier alpha value is -2.04. The van der Waals surface area contributed by atoms with Gasteiger partial charge in [-0.05, 0) is 42.5 Å². The summed E-state index contributed by atoms with van der Waals surface area (Å²) in [5.74, 6) is -0.425. The van der Waals surface area contributed by atoms with Crippen molar-refractivity contribution in [3.63, 3.8) is 0 Å². The molecule has 0 amide bonds. The van der Waals surface area contributed by atoms with Crippen LogP contribution in [-0.4, -0.2) is 17.4 Å². The van der Waals surface area contributed by atoms with E-state index in [0.29, 0.717) is 10.8 Å². The molecule has 2 atom stereocenters. The molecule has 1 heterocycles. The predicted octanol–water partition coefficient (Wildman–Crippen LogP) is 4.98. The number of carboxylic acids is 1. The first-order chi connectivity index (χ1) is 12.6. The molecule has 0 bridgehead atoms. The van der Waals surface area contributed by atoms with Gasteiger partial charge >= 0.3 is 5.97 Å². The highest BCUT2D eigenvalue weighted by atomic mass is 35.5. The molecule has 26 heavy (non-hydrogen) atoms. The van der Waals surface area contributed by atoms with Crippen LogP contribution in [0.25, 0.3) is 0 Å². The number of hydrogen-bond donors (Lipinski definition) is 1. The molecular weight excluding hydrogens is 352 g/mol. The van der Waals surface area contributed by atoms with Gasteiger partial charge in [-0.25, -0.2) is 4.79 Å². The van der Waals surface area contributed by atoms with Gasteiger partial charge in [0.05, 0.1) is 0 Å². The Bertz CT molecular complexity index is 801. The van der Waals surface area contributed by atoms with Crippen LogP contribution in [0.2, 0.25) is 5.02 Å². The Balaban J connectivity index is 1.96. The monoisotopic (exact) mass is 372 g/mol. The molecule has 0 spiro atoms. The smallest absolute Gasteiger partial charge is 0.373 e. The fourth-order valence-corrected chi connectivity index (χ4v) is 4.51. The standard InChI is InChI=1S/C21H21ClO4/c22-16-11-12-18-17(13-16)21(14-7-3-1-4-8-14,15-9-5-2-6-10-15)26-20(25-18)19(23)24/h1,3-4,7-8,11-13,15,20H,2,5-6,9-10H2,(H,23,24). The number of rotatable bonds is 3. The van der Waals surface area contributed by atoms with Crippen LogP contribution >= 0.6 is 11.6 Å². The van der Waals surface area contributed by atoms with E-state index in [0.717, 1.165) is 36.8 Å². The van der Waals surface area contributed by atoms with Gasteiger partial charge in [0.2, 0.25) is 0 Å². The first kappa shape index (κ1) is 17.4. The number of aliphatic carboxylic acids is 1. The third-order valence-electron chi connectivity index (χ3n) is 5.45. The SMILES string of the molecule is O=C(O)C1Oc2ccc(Cl)cc2C(c2ccccc2)(C2CCCCC2)O1. The van der Waals surface area contributed by atoms with Gasteiger partial charge in [-0.3, -0.25) is 0 Å². The highest BCUT2D eigenvalue weighted by Gasteiger charge is 2.51. The molecule has 1 saturated carbocycles. The summed E-state index contributed by atoms with van der Waals surface area (Å²) in [5, 5.41) is 10.2. The van der Waals surface area contributed by atoms with Crippen molar-refractivity contribution in [3.05, 3.63) is 64.7 Å². The summed E-state index contributed by atoms with van der Waals surface area (Å²) in [6.45, 7) is 0. The Morgan fingerprint density at radius 1 is 1.08 bits per heavy atom. The van der Waals surface area contributed by atoms with Crippen LogP contribution in [0, 0.1) is 5.92 Å². The molecule has 1 fully saturated rings. The second-order valence-electron chi connectivity index (χ2n) is 6.98. The lowest BCUT2D eigenvalue weighted by atomic mass is 9.69. The van der Waals surface area contributed by atoms with Crippen LogP contribution in [0.1, 0.15) is 43.2 Å². The fraction of sp³-hybridized carbons (Fsp3) is 0.381. The van der Waals surface area contributed by atoms with Crippen molar-refractivity contribution in [2.75, 3.05) is 0 Å². The molecule has 4 rings (SSSR count). The van der Waals surface area contributed by atoms with E-state index in [1.54, 1.807) is 12.1 Å². The predicted molar refractivity (Wildman–Crippen MR) is 98.4 cm³/mol. The average Bonchev–Trinajstić information content (AvgIpc) is 2.68. The van der Waals surface area contributed by atoms with E-state index in [4.69, 9.17) is 21.1 Å². The number of fused-ring (bicyclic) bond motifs is 1. The largest absolute Gasteiger partial charge is 0.477 e. The van der Waals surface area contributed by atoms with Crippen molar-refractivity contribution in [3.8, 4) is 5.75 Å². The van der Waals surface area contributed by atoms with Crippen LogP contribution in [0.4, 0.5) is 0 Å². The molecule has 0 saturated heterocycles. The van der Waals surface area contributed by atoms with E-state index in [1.165, 1.54) is 6.42 Å². The quantitative estimate of drug-likeness (QED) is 0.825. The van der Waals surface area contributed by atoms with Crippen LogP contribution in [0.5, 0.6) is 5.75 Å². The van der Waals surface area contributed by atoms with Crippen molar-refractivity contribution in [2.45, 2.75) is 44.0 Å². The zero-order valence-electron chi connectivity index (χ0n) is 14.4. The number of halogens is 1. The molecule has 5 heteroatoms. The molecule has 4 nitrogen and oxygen atoms in total. The van der Waals surface area contributed by atoms with E-state index >= 15 is 0 Å². The molecular formula is C21H21ClO4. The second kappa shape index (κ2) is 6.93. The van der Waals surface area contributed by atoms with Gasteiger partial charge in [0.25, 0.3) is 6.29 Å². The summed E-state index contributed by atoms with van der Waals surface area (Å²) >= 11 is 6.30. The maximum atomic E-state index is 11.8. The molecule has 2 unspecified atom stereocenters. The van der Waals surface area contributed by atoms with Crippen LogP contribution < -0.4 is 4.74 Å². The minimum Gasteiger partial charge on any atom is -0.477 e. The molecule has 0 radical (unpaired) electrons. The van der Waals surface area contributed by atoms with Crippen molar-refractivity contribution < 1.29 is 19.4 Å². The molecule has 1 aliphatic carbocycles. The lowest BCUT2D eigenvalue weighted by Gasteiger charge is -2.47. The van der Waals surface area contributed by atoms with Crippen molar-refractivity contribution in [2.24, 2.45) is 5.92 Å². The topological polar surface area (TPSA) is 55.8 Å². The van der Waals surface area contributed by atoms with Crippen LogP contribution in [0.3, 0.4) is 0 Å². The molecule has 2 aliphatic rings. The van der Waals surface area contributed by atoms with E-state index in [1.807, 2.05) is 36.4 Å². The lowest BCUT2D eigenvalue weighted by molar-refractivity contribution is -0.218. The van der Waals surface area contributed by atoms with Crippen LogP contribution in [-0.2, 0) is 15.1 Å². The first-order valence-electron chi connectivity index (χ1n) is 9.04. The minimum absolute atomic E-state index is 0.168. The third-order valence-corrected chi connectivity index (χ3v) is 5.69. The molecule has 2 aromatic rings. The van der Waals surface area contributed by atoms with Gasteiger partial charge in [0.1, 0.15) is 11.4 Å². The number of carboxylic acid groups (broad SMARTS) is 1. The van der Waals surface area contributed by atoms with Gasteiger partial charge in [-0.2, -0.15) is 0 Å². The number of carbonyl (C=O) groups is 1. The summed E-state index contributed by atoms with van der Waals surface area (Å²) in [4.78, 5) is 11.8. The Morgan fingerprint density at radius 3 is 2.50 bits per heavy atom. The van der Waals surface area contributed by atoms with E-state index in [9.17, 15) is 9.90 Å². The van der Waals surface area contributed by atoms with Crippen molar-refractivity contribution in [1.82, 2.24) is 0 Å². The van der Waals surface area contributed by atoms with E-state index in [-0.39, 0.29) is 5.92 Å². The number of benzene rings is 2. The van der Waals surface area contributed by atoms with Gasteiger partial charge in [0.15, 0.2) is 0 Å². The normalized spacial score (nSPS) is 26.0. The maximum Gasteiger partial charge on any atom is 0.373 e. The molecule has 0 aromatic heterocycles. The summed E-state index contributed by atoms with van der Waals surface area (Å²) in [6, 6.07) is 15.2. The van der Waals surface area contributed by atoms with Gasteiger partial charge < -0.3 is 14.6 Å². The summed E-state index contributed by atoms with van der Waals surface area (Å²) in [5.41, 5.74) is 0.897. The van der Waals surface area contributed by atoms with Crippen molar-refractivity contribution in [1.29, 1.82) is 0 Å². The Kier molecular flexibility index (Phi) is 4.63. The van der Waals surface area contributed by atoms with E-state index < -0.39 is 17.9 Å². The van der Waals surface area contributed by atoms with Crippen LogP contribution in [0.15, 0.2) is 48.5 Å². The lowest BCUT2D eigenvalue weighted by Crippen LogP contribution is -2.50. The molecule has 1 aliphatic heterocycles. The van der Waals surface area contributed by atoms with Gasteiger partial charge in [-0.1, -0.05) is 61.2 Å². The molecule has 2 aromatic carbocycles. The number of hydrogen-bond acceptors (Lipinski definition) is 3. The van der Waals surface area contributed by atoms with Gasteiger partial charge in [0, 0.05) is 10.6 Å². The highest BCUT2D eigenvalue weighted by Crippen LogP contribution is 2.53. The average molecular weight is 373 g/mol. The molecule has 136 valence electrons. The minimum atomic E-state index is -1.34. The maximum absolute atomic E-state index is 11.8. The summed E-state index contributed by atoms with van der Waals surface area (Å²) in [7, 11) is 0. The Labute approximate surface area is 157 Å². The first-order valence-corrected chi connectivity index (χ1v) is 9.42. The number of ether oxygens (including phenoxy) is 2. The zero-order chi connectivity index (χ0) is 18.1. The zero-order valence-corrected chi connectivity index (χ0v) is 15.1. The summed E-state index contributed by atoms with van der Waals surface area (Å²) in [6.07, 6.45) is 4.03. The highest BCUT2D eigenvalue weighted by molar-refractivity contribution is 6.30. The van der Waals surface area contributed by atoms with Crippen molar-refractivity contribution >= 4 is 17.6 Å². The molecule has 1 N–H and O–H groups in total. The fourth-order valence-electron chi connectivity index (χ4n) is 4.34.